The van der Waals surface area contributed by atoms with Gasteiger partial charge in [0, 0.05) is 11.1 Å². The number of benzene rings is 2. The van der Waals surface area contributed by atoms with Gasteiger partial charge in [-0.3, -0.25) is 10.1 Å². The number of nitrogens with one attached hydrogen (secondary N) is 2. The topological polar surface area (TPSA) is 63.2 Å². The Kier molecular flexibility index (Phi) is 6.05. The number of aromatic nitrogens is 1. The highest BCUT2D eigenvalue weighted by atomic mass is 35.5. The molecule has 2 N–H and O–H groups in total. The summed E-state index contributed by atoms with van der Waals surface area (Å²) in [5.74, 6) is 0.428. The van der Waals surface area contributed by atoms with Crippen molar-refractivity contribution in [3.8, 4) is 5.75 Å². The molecule has 1 aromatic heterocycles. The molecule has 0 aliphatic rings. The third-order valence-corrected chi connectivity index (χ3v) is 5.21. The second kappa shape index (κ2) is 8.47. The van der Waals surface area contributed by atoms with Gasteiger partial charge in [0.25, 0.3) is 0 Å². The molecule has 0 bridgehead atoms. The van der Waals surface area contributed by atoms with Crippen LogP contribution < -0.4 is 15.4 Å². The van der Waals surface area contributed by atoms with Gasteiger partial charge in [0.2, 0.25) is 5.91 Å². The van der Waals surface area contributed by atoms with E-state index in [-0.39, 0.29) is 11.0 Å². The third kappa shape index (κ3) is 5.03. The number of ether oxygens (including phenoxy) is 1. The molecule has 27 heavy (non-hydrogen) atoms. The number of thiazole rings is 1. The van der Waals surface area contributed by atoms with Crippen LogP contribution in [-0.2, 0) is 4.79 Å². The molecule has 1 heterocycles. The van der Waals surface area contributed by atoms with E-state index in [1.807, 2.05) is 43.3 Å². The molecule has 0 aliphatic heterocycles. The van der Waals surface area contributed by atoms with Crippen LogP contribution in [0.1, 0.15) is 11.1 Å². The van der Waals surface area contributed by atoms with Crippen molar-refractivity contribution in [2.45, 2.75) is 6.92 Å². The smallest absolute Gasteiger partial charge is 0.250 e. The van der Waals surface area contributed by atoms with E-state index in [0.717, 1.165) is 27.1 Å². The van der Waals surface area contributed by atoms with Crippen LogP contribution in [-0.4, -0.2) is 23.1 Å². The van der Waals surface area contributed by atoms with E-state index in [9.17, 15) is 4.79 Å². The fourth-order valence-corrected chi connectivity index (χ4v) is 3.64. The van der Waals surface area contributed by atoms with Gasteiger partial charge in [0.1, 0.15) is 5.75 Å². The molecule has 0 spiro atoms. The number of amides is 1. The molecule has 0 fully saturated rings. The summed E-state index contributed by atoms with van der Waals surface area (Å²) >= 11 is 12.7. The molecule has 2 aromatic carbocycles. The number of fused-ring (bicyclic) bond motifs is 1. The number of aryl methyl sites for hydroxylation is 1. The van der Waals surface area contributed by atoms with Crippen molar-refractivity contribution in [2.24, 2.45) is 0 Å². The number of anilines is 1. The maximum Gasteiger partial charge on any atom is 0.250 e. The number of nitrogens with zero attached hydrogens (tertiary/aromatic N) is 1. The van der Waals surface area contributed by atoms with Crippen molar-refractivity contribution < 1.29 is 9.53 Å². The van der Waals surface area contributed by atoms with Crippen molar-refractivity contribution in [2.75, 3.05) is 12.4 Å². The number of rotatable bonds is 4. The number of halogens is 1. The first-order valence-electron chi connectivity index (χ1n) is 7.95. The van der Waals surface area contributed by atoms with E-state index in [4.69, 9.17) is 28.6 Å². The first-order valence-corrected chi connectivity index (χ1v) is 9.55. The Labute approximate surface area is 171 Å². The highest BCUT2D eigenvalue weighted by molar-refractivity contribution is 7.80. The molecule has 3 aromatic rings. The quantitative estimate of drug-likeness (QED) is 0.472. The zero-order valence-electron chi connectivity index (χ0n) is 14.6. The second-order valence-electron chi connectivity index (χ2n) is 5.64. The van der Waals surface area contributed by atoms with Gasteiger partial charge in [-0.25, -0.2) is 4.98 Å². The molecule has 0 radical (unpaired) electrons. The van der Waals surface area contributed by atoms with Crippen molar-refractivity contribution in [1.82, 2.24) is 10.3 Å². The first-order chi connectivity index (χ1) is 12.9. The van der Waals surface area contributed by atoms with Crippen LogP contribution in [0.2, 0.25) is 5.02 Å². The standard InChI is InChI=1S/C19H16ClN3O2S2/c1-11-9-16-15(10-14(11)20)21-19(27-16)23-18(26)22-17(24)8-5-12-3-6-13(25-2)7-4-12/h3-10H,1-2H3,(H2,21,22,23,24,26)/b8-5+. The second-order valence-corrected chi connectivity index (χ2v) is 7.48. The van der Waals surface area contributed by atoms with Gasteiger partial charge in [0.05, 0.1) is 17.3 Å². The van der Waals surface area contributed by atoms with E-state index >= 15 is 0 Å². The Bertz CT molecular complexity index is 990. The van der Waals surface area contributed by atoms with E-state index in [1.165, 1.54) is 17.4 Å². The fourth-order valence-electron chi connectivity index (χ4n) is 2.27. The molecule has 0 atom stereocenters. The van der Waals surface area contributed by atoms with E-state index in [1.54, 1.807) is 13.2 Å². The summed E-state index contributed by atoms with van der Waals surface area (Å²) in [7, 11) is 1.60. The summed E-state index contributed by atoms with van der Waals surface area (Å²) < 4.78 is 6.09. The molecule has 5 nitrogen and oxygen atoms in total. The Morgan fingerprint density at radius 1 is 1.30 bits per heavy atom. The van der Waals surface area contributed by atoms with Crippen LogP contribution >= 0.6 is 35.2 Å². The normalized spacial score (nSPS) is 10.9. The summed E-state index contributed by atoms with van der Waals surface area (Å²) in [5, 5.41) is 6.97. The fraction of sp³-hybridized carbons (Fsp3) is 0.105. The maximum absolute atomic E-state index is 12.0. The Morgan fingerprint density at radius 3 is 2.74 bits per heavy atom. The Balaban J connectivity index is 1.59. The summed E-state index contributed by atoms with van der Waals surface area (Å²) in [4.78, 5) is 16.4. The van der Waals surface area contributed by atoms with Gasteiger partial charge in [0.15, 0.2) is 10.2 Å². The van der Waals surface area contributed by atoms with Crippen LogP contribution in [0.15, 0.2) is 42.5 Å². The molecule has 0 unspecified atom stereocenters. The van der Waals surface area contributed by atoms with Crippen LogP contribution in [0.4, 0.5) is 5.13 Å². The zero-order chi connectivity index (χ0) is 19.4. The molecule has 0 saturated carbocycles. The van der Waals surface area contributed by atoms with E-state index in [2.05, 4.69) is 15.6 Å². The van der Waals surface area contributed by atoms with Crippen molar-refractivity contribution in [1.29, 1.82) is 0 Å². The number of methoxy groups -OCH3 is 1. The maximum atomic E-state index is 12.0. The average Bonchev–Trinajstić information content (AvgIpc) is 3.01. The first kappa shape index (κ1) is 19.3. The third-order valence-electron chi connectivity index (χ3n) is 3.67. The molecule has 138 valence electrons. The molecule has 8 heteroatoms. The number of hydrogen-bond acceptors (Lipinski definition) is 5. The highest BCUT2D eigenvalue weighted by Crippen LogP contribution is 2.30. The van der Waals surface area contributed by atoms with Crippen molar-refractivity contribution in [3.05, 3.63) is 58.6 Å². The van der Waals surface area contributed by atoms with Gasteiger partial charge in [-0.1, -0.05) is 35.1 Å². The summed E-state index contributed by atoms with van der Waals surface area (Å²) in [6.45, 7) is 1.94. The lowest BCUT2D eigenvalue weighted by molar-refractivity contribution is -0.115. The SMILES string of the molecule is COc1ccc(/C=C/C(=O)NC(=S)Nc2nc3cc(Cl)c(C)cc3s2)cc1. The minimum atomic E-state index is -0.330. The zero-order valence-corrected chi connectivity index (χ0v) is 17.0. The Morgan fingerprint density at radius 2 is 2.04 bits per heavy atom. The molecule has 1 amide bonds. The van der Waals surface area contributed by atoms with Gasteiger partial charge in [-0.15, -0.1) is 0 Å². The minimum absolute atomic E-state index is 0.182. The lowest BCUT2D eigenvalue weighted by atomic mass is 10.2. The van der Waals surface area contributed by atoms with Crippen LogP contribution in [0.5, 0.6) is 5.75 Å². The predicted molar refractivity (Wildman–Crippen MR) is 116 cm³/mol. The molecule has 3 rings (SSSR count). The number of carbonyl (C=O) groups excluding carboxylic acids is 1. The lowest BCUT2D eigenvalue weighted by Gasteiger charge is -2.04. The molecular weight excluding hydrogens is 402 g/mol. The van der Waals surface area contributed by atoms with Crippen LogP contribution in [0.3, 0.4) is 0 Å². The minimum Gasteiger partial charge on any atom is -0.497 e. The van der Waals surface area contributed by atoms with Gasteiger partial charge >= 0.3 is 0 Å². The van der Waals surface area contributed by atoms with Crippen LogP contribution in [0, 0.1) is 6.92 Å². The van der Waals surface area contributed by atoms with Gasteiger partial charge in [-0.2, -0.15) is 0 Å². The van der Waals surface area contributed by atoms with Gasteiger partial charge < -0.3 is 10.1 Å². The molecule has 0 aliphatic carbocycles. The summed E-state index contributed by atoms with van der Waals surface area (Å²) in [6, 6.07) is 11.1. The largest absolute Gasteiger partial charge is 0.497 e. The number of hydrogen-bond donors (Lipinski definition) is 2. The van der Waals surface area contributed by atoms with E-state index < -0.39 is 0 Å². The Hall–Kier alpha value is -2.48. The summed E-state index contributed by atoms with van der Waals surface area (Å²) in [5.41, 5.74) is 2.65. The van der Waals surface area contributed by atoms with Crippen LogP contribution in [0.25, 0.3) is 16.3 Å². The average molecular weight is 418 g/mol. The van der Waals surface area contributed by atoms with Crippen molar-refractivity contribution >= 4 is 67.6 Å². The lowest BCUT2D eigenvalue weighted by Crippen LogP contribution is -2.32. The summed E-state index contributed by atoms with van der Waals surface area (Å²) in [6.07, 6.45) is 3.11. The highest BCUT2D eigenvalue weighted by Gasteiger charge is 2.09. The molecular formula is C19H16ClN3O2S2. The van der Waals surface area contributed by atoms with Gasteiger partial charge in [-0.05, 0) is 60.6 Å². The monoisotopic (exact) mass is 417 g/mol. The number of carbonyl (C=O) groups is 1. The van der Waals surface area contributed by atoms with E-state index in [0.29, 0.717) is 10.2 Å². The predicted octanol–water partition coefficient (Wildman–Crippen LogP) is 4.79. The number of thiocarbonyl (C=S) groups is 1. The van der Waals surface area contributed by atoms with Crippen molar-refractivity contribution in [3.63, 3.8) is 0 Å². The molecule has 0 saturated heterocycles.